The Hall–Kier alpha value is -1.40. The van der Waals surface area contributed by atoms with Crippen LogP contribution in [0, 0.1) is 5.92 Å². The summed E-state index contributed by atoms with van der Waals surface area (Å²) in [5, 5.41) is 0. The van der Waals surface area contributed by atoms with E-state index in [4.69, 9.17) is 0 Å². The molecule has 6 heteroatoms. The van der Waals surface area contributed by atoms with E-state index >= 15 is 0 Å². The highest BCUT2D eigenvalue weighted by Crippen LogP contribution is 2.18. The normalized spacial score (nSPS) is 13.3. The topological polar surface area (TPSA) is 66.5 Å². The summed E-state index contributed by atoms with van der Waals surface area (Å²) in [5.41, 5.74) is 2.03. The zero-order valence-electron chi connectivity index (χ0n) is 14.7. The molecule has 1 rings (SSSR count). The van der Waals surface area contributed by atoms with Gasteiger partial charge in [-0.2, -0.15) is 0 Å². The summed E-state index contributed by atoms with van der Waals surface area (Å²) in [5.74, 6) is -0.507. The van der Waals surface area contributed by atoms with Crippen LogP contribution in [0.25, 0.3) is 0 Å². The molecule has 0 spiro atoms. The second-order valence-corrected chi connectivity index (χ2v) is 8.49. The van der Waals surface area contributed by atoms with Crippen LogP contribution in [0.1, 0.15) is 37.8 Å². The molecular formula is C17H28N2O3S. The molecule has 0 radical (unpaired) electrons. The maximum Gasteiger partial charge on any atom is 0.240 e. The Morgan fingerprint density at radius 1 is 1.13 bits per heavy atom. The fourth-order valence-corrected chi connectivity index (χ4v) is 3.35. The molecule has 1 amide bonds. The number of carbonyl (C=O) groups excluding carboxylic acids is 1. The molecule has 1 N–H and O–H groups in total. The maximum absolute atomic E-state index is 12.2. The smallest absolute Gasteiger partial charge is 0.240 e. The van der Waals surface area contributed by atoms with Gasteiger partial charge in [-0.05, 0) is 44.5 Å². The first-order valence-electron chi connectivity index (χ1n) is 7.88. The molecule has 1 aromatic rings. The Kier molecular flexibility index (Phi) is 7.22. The molecule has 23 heavy (non-hydrogen) atoms. The maximum atomic E-state index is 12.2. The monoisotopic (exact) mass is 340 g/mol. The van der Waals surface area contributed by atoms with E-state index in [1.54, 1.807) is 25.9 Å². The lowest BCUT2D eigenvalue weighted by molar-refractivity contribution is -0.120. The van der Waals surface area contributed by atoms with Crippen LogP contribution in [0.15, 0.2) is 24.3 Å². The average Bonchev–Trinajstić information content (AvgIpc) is 2.44. The standard InChI is InChI=1S/C17H28N2O3S/c1-13(2)12-15-6-8-16(9-7-15)14(3)17(20)18-23(21,22)11-10-19(4)5/h6-9,13-14H,10-12H2,1-5H3,(H,18,20). The molecule has 0 aromatic heterocycles. The summed E-state index contributed by atoms with van der Waals surface area (Å²) in [6.45, 7) is 6.40. The van der Waals surface area contributed by atoms with E-state index in [0.29, 0.717) is 12.5 Å². The lowest BCUT2D eigenvalue weighted by Crippen LogP contribution is -2.37. The van der Waals surface area contributed by atoms with E-state index in [-0.39, 0.29) is 5.75 Å². The number of hydrogen-bond acceptors (Lipinski definition) is 4. The van der Waals surface area contributed by atoms with Crippen molar-refractivity contribution in [2.24, 2.45) is 5.92 Å². The highest BCUT2D eigenvalue weighted by Gasteiger charge is 2.21. The predicted octanol–water partition coefficient (Wildman–Crippen LogP) is 2.00. The van der Waals surface area contributed by atoms with E-state index in [2.05, 4.69) is 18.6 Å². The Bertz CT molecular complexity index is 607. The third kappa shape index (κ3) is 7.14. The summed E-state index contributed by atoms with van der Waals surface area (Å²) in [4.78, 5) is 13.9. The number of carbonyl (C=O) groups is 1. The van der Waals surface area contributed by atoms with Crippen LogP contribution >= 0.6 is 0 Å². The molecule has 0 saturated heterocycles. The van der Waals surface area contributed by atoms with E-state index in [1.165, 1.54) is 5.56 Å². The molecule has 0 aliphatic heterocycles. The number of rotatable bonds is 8. The molecule has 1 aromatic carbocycles. The van der Waals surface area contributed by atoms with E-state index in [9.17, 15) is 13.2 Å². The van der Waals surface area contributed by atoms with Crippen LogP contribution in [-0.4, -0.2) is 45.6 Å². The largest absolute Gasteiger partial charge is 0.308 e. The number of sulfonamides is 1. The van der Waals surface area contributed by atoms with Crippen LogP contribution in [0.3, 0.4) is 0 Å². The fraction of sp³-hybridized carbons (Fsp3) is 0.588. The van der Waals surface area contributed by atoms with E-state index in [0.717, 1.165) is 12.0 Å². The molecule has 0 heterocycles. The van der Waals surface area contributed by atoms with Gasteiger partial charge in [-0.25, -0.2) is 8.42 Å². The average molecular weight is 340 g/mol. The zero-order chi connectivity index (χ0) is 17.6. The first-order valence-corrected chi connectivity index (χ1v) is 9.54. The van der Waals surface area contributed by atoms with Gasteiger partial charge in [-0.1, -0.05) is 38.1 Å². The van der Waals surface area contributed by atoms with Crippen LogP contribution in [-0.2, 0) is 21.2 Å². The molecular weight excluding hydrogens is 312 g/mol. The van der Waals surface area contributed by atoms with Crippen molar-refractivity contribution in [3.63, 3.8) is 0 Å². The first kappa shape index (κ1) is 19.6. The minimum absolute atomic E-state index is 0.0915. The Morgan fingerprint density at radius 3 is 2.17 bits per heavy atom. The predicted molar refractivity (Wildman–Crippen MR) is 93.9 cm³/mol. The molecule has 0 aliphatic carbocycles. The van der Waals surface area contributed by atoms with Crippen LogP contribution in [0.5, 0.6) is 0 Å². The molecule has 0 saturated carbocycles. The van der Waals surface area contributed by atoms with Crippen molar-refractivity contribution in [2.75, 3.05) is 26.4 Å². The second-order valence-electron chi connectivity index (χ2n) is 6.65. The van der Waals surface area contributed by atoms with E-state index in [1.807, 2.05) is 24.3 Å². The fourth-order valence-electron chi connectivity index (χ4n) is 2.16. The third-order valence-electron chi connectivity index (χ3n) is 3.58. The zero-order valence-corrected chi connectivity index (χ0v) is 15.5. The molecule has 0 fully saturated rings. The number of amides is 1. The highest BCUT2D eigenvalue weighted by atomic mass is 32.2. The van der Waals surface area contributed by atoms with Gasteiger partial charge in [-0.3, -0.25) is 9.52 Å². The number of nitrogens with zero attached hydrogens (tertiary/aromatic N) is 1. The molecule has 0 aliphatic rings. The van der Waals surface area contributed by atoms with Crippen molar-refractivity contribution >= 4 is 15.9 Å². The minimum Gasteiger partial charge on any atom is -0.308 e. The number of nitrogens with one attached hydrogen (secondary N) is 1. The van der Waals surface area contributed by atoms with Crippen molar-refractivity contribution in [3.05, 3.63) is 35.4 Å². The third-order valence-corrected chi connectivity index (χ3v) is 4.81. The first-order chi connectivity index (χ1) is 10.6. The highest BCUT2D eigenvalue weighted by molar-refractivity contribution is 7.90. The second kappa shape index (κ2) is 8.45. The van der Waals surface area contributed by atoms with Gasteiger partial charge in [0, 0.05) is 6.54 Å². The Morgan fingerprint density at radius 2 is 1.70 bits per heavy atom. The van der Waals surface area contributed by atoms with Gasteiger partial charge in [0.05, 0.1) is 11.7 Å². The van der Waals surface area contributed by atoms with Gasteiger partial charge < -0.3 is 4.90 Å². The summed E-state index contributed by atoms with van der Waals surface area (Å²) in [6, 6.07) is 7.79. The number of hydrogen-bond donors (Lipinski definition) is 1. The lowest BCUT2D eigenvalue weighted by Gasteiger charge is -2.15. The van der Waals surface area contributed by atoms with Crippen molar-refractivity contribution in [3.8, 4) is 0 Å². The van der Waals surface area contributed by atoms with Crippen molar-refractivity contribution in [1.29, 1.82) is 0 Å². The Labute approximate surface area is 140 Å². The van der Waals surface area contributed by atoms with Crippen molar-refractivity contribution < 1.29 is 13.2 Å². The van der Waals surface area contributed by atoms with Gasteiger partial charge in [0.15, 0.2) is 0 Å². The van der Waals surface area contributed by atoms with Gasteiger partial charge in [0.25, 0.3) is 0 Å². The minimum atomic E-state index is -3.59. The summed E-state index contributed by atoms with van der Waals surface area (Å²) in [7, 11) is -0.0135. The van der Waals surface area contributed by atoms with Gasteiger partial charge in [-0.15, -0.1) is 0 Å². The number of benzene rings is 1. The van der Waals surface area contributed by atoms with Crippen molar-refractivity contribution in [1.82, 2.24) is 9.62 Å². The van der Waals surface area contributed by atoms with Gasteiger partial charge in [0.2, 0.25) is 15.9 Å². The molecule has 130 valence electrons. The van der Waals surface area contributed by atoms with Crippen molar-refractivity contribution in [2.45, 2.75) is 33.1 Å². The van der Waals surface area contributed by atoms with E-state index < -0.39 is 21.8 Å². The van der Waals surface area contributed by atoms with Crippen LogP contribution in [0.4, 0.5) is 0 Å². The molecule has 0 bridgehead atoms. The SMILES string of the molecule is CC(C)Cc1ccc(C(C)C(=O)NS(=O)(=O)CCN(C)C)cc1. The quantitative estimate of drug-likeness (QED) is 0.786. The summed E-state index contributed by atoms with van der Waals surface area (Å²) < 4.78 is 26.0. The molecule has 5 nitrogen and oxygen atoms in total. The summed E-state index contributed by atoms with van der Waals surface area (Å²) >= 11 is 0. The molecule has 1 unspecified atom stereocenters. The van der Waals surface area contributed by atoms with Gasteiger partial charge in [0.1, 0.15) is 0 Å². The van der Waals surface area contributed by atoms with Gasteiger partial charge >= 0.3 is 0 Å². The summed E-state index contributed by atoms with van der Waals surface area (Å²) in [6.07, 6.45) is 0.986. The van der Waals surface area contributed by atoms with Crippen LogP contribution < -0.4 is 4.72 Å². The molecule has 1 atom stereocenters. The Balaban J connectivity index is 2.69. The van der Waals surface area contributed by atoms with Crippen LogP contribution in [0.2, 0.25) is 0 Å². The lowest BCUT2D eigenvalue weighted by atomic mass is 9.96.